The maximum absolute atomic E-state index is 13.7. The Balaban J connectivity index is 2.17. The van der Waals surface area contributed by atoms with Gasteiger partial charge in [-0.15, -0.1) is 0 Å². The predicted molar refractivity (Wildman–Crippen MR) is 60.9 cm³/mol. The Morgan fingerprint density at radius 1 is 1.67 bits per heavy atom. The molecule has 0 unspecified atom stereocenters. The number of anilines is 1. The van der Waals surface area contributed by atoms with Gasteiger partial charge < -0.3 is 10.1 Å². The predicted octanol–water partition coefficient (Wildman–Crippen LogP) is 0.931. The Morgan fingerprint density at radius 2 is 2.39 bits per heavy atom. The van der Waals surface area contributed by atoms with Gasteiger partial charge in [-0.2, -0.15) is 0 Å². The minimum Gasteiger partial charge on any atom is -0.376 e. The number of rotatable bonds is 4. The summed E-state index contributed by atoms with van der Waals surface area (Å²) < 4.78 is 18.9. The highest BCUT2D eigenvalue weighted by Gasteiger charge is 2.37. The molecule has 1 aliphatic heterocycles. The first-order chi connectivity index (χ1) is 8.60. The van der Waals surface area contributed by atoms with E-state index in [4.69, 9.17) is 9.94 Å². The summed E-state index contributed by atoms with van der Waals surface area (Å²) in [6, 6.07) is 1.02. The highest BCUT2D eigenvalue weighted by molar-refractivity contribution is 5.93. The van der Waals surface area contributed by atoms with E-state index in [1.54, 1.807) is 0 Å². The van der Waals surface area contributed by atoms with Gasteiger partial charge in [0.15, 0.2) is 11.6 Å². The van der Waals surface area contributed by atoms with Crippen LogP contribution in [-0.4, -0.2) is 34.9 Å². The number of halogens is 1. The van der Waals surface area contributed by atoms with E-state index in [1.807, 2.05) is 6.92 Å². The number of hydrogen-bond donors (Lipinski definition) is 3. The van der Waals surface area contributed by atoms with Gasteiger partial charge in [0.2, 0.25) is 0 Å². The normalized spacial score (nSPS) is 16.8. The third kappa shape index (κ3) is 2.27. The number of nitrogens with one attached hydrogen (secondary N) is 2. The lowest BCUT2D eigenvalue weighted by molar-refractivity contribution is -0.0433. The fourth-order valence-corrected chi connectivity index (χ4v) is 1.68. The molecule has 2 rings (SSSR count). The van der Waals surface area contributed by atoms with Gasteiger partial charge in [-0.25, -0.2) is 14.9 Å². The Bertz CT molecular complexity index is 457. The molecule has 1 saturated heterocycles. The van der Waals surface area contributed by atoms with Crippen molar-refractivity contribution >= 4 is 11.7 Å². The molecule has 18 heavy (non-hydrogen) atoms. The van der Waals surface area contributed by atoms with Crippen molar-refractivity contribution in [2.24, 2.45) is 0 Å². The zero-order valence-corrected chi connectivity index (χ0v) is 9.86. The molecule has 3 N–H and O–H groups in total. The van der Waals surface area contributed by atoms with E-state index in [-0.39, 0.29) is 16.9 Å². The third-order valence-corrected chi connectivity index (χ3v) is 3.02. The molecule has 2 heterocycles. The molecule has 0 aromatic carbocycles. The quantitative estimate of drug-likeness (QED) is 0.550. The molecule has 0 saturated carbocycles. The lowest BCUT2D eigenvalue weighted by atomic mass is 9.94. The standard InChI is InChI=1S/C11H14FN3O3/c1-2-11(5-18-6-11)14-9-8(12)3-7(4-13-9)10(16)15-17/h3-4,17H,2,5-6H2,1H3,(H,13,14)(H,15,16). The summed E-state index contributed by atoms with van der Waals surface area (Å²) in [6.45, 7) is 2.98. The zero-order valence-electron chi connectivity index (χ0n) is 9.86. The summed E-state index contributed by atoms with van der Waals surface area (Å²) in [7, 11) is 0. The van der Waals surface area contributed by atoms with Gasteiger partial charge in [-0.05, 0) is 12.5 Å². The Kier molecular flexibility index (Phi) is 3.44. The van der Waals surface area contributed by atoms with E-state index in [2.05, 4.69) is 10.3 Å². The summed E-state index contributed by atoms with van der Waals surface area (Å²) in [5.41, 5.74) is 1.10. The van der Waals surface area contributed by atoms with Crippen molar-refractivity contribution in [1.29, 1.82) is 0 Å². The van der Waals surface area contributed by atoms with Crippen molar-refractivity contribution in [2.75, 3.05) is 18.5 Å². The van der Waals surface area contributed by atoms with Crippen molar-refractivity contribution in [1.82, 2.24) is 10.5 Å². The van der Waals surface area contributed by atoms with Gasteiger partial charge in [0.05, 0.1) is 24.3 Å². The molecule has 7 heteroatoms. The molecule has 98 valence electrons. The highest BCUT2D eigenvalue weighted by Crippen LogP contribution is 2.26. The third-order valence-electron chi connectivity index (χ3n) is 3.02. The van der Waals surface area contributed by atoms with Crippen LogP contribution >= 0.6 is 0 Å². The van der Waals surface area contributed by atoms with Gasteiger partial charge in [-0.1, -0.05) is 6.92 Å². The van der Waals surface area contributed by atoms with Crippen LogP contribution in [0, 0.1) is 5.82 Å². The average molecular weight is 255 g/mol. The summed E-state index contributed by atoms with van der Waals surface area (Å²) in [5.74, 6) is -1.37. The van der Waals surface area contributed by atoms with Gasteiger partial charge in [-0.3, -0.25) is 10.0 Å². The van der Waals surface area contributed by atoms with Crippen LogP contribution in [0.4, 0.5) is 10.2 Å². The van der Waals surface area contributed by atoms with Gasteiger partial charge >= 0.3 is 0 Å². The summed E-state index contributed by atoms with van der Waals surface area (Å²) in [6.07, 6.45) is 1.98. The van der Waals surface area contributed by atoms with Gasteiger partial charge in [0, 0.05) is 6.20 Å². The number of amides is 1. The second-order valence-corrected chi connectivity index (χ2v) is 4.25. The van der Waals surface area contributed by atoms with Crippen LogP contribution in [0.15, 0.2) is 12.3 Å². The molecule has 0 bridgehead atoms. The fraction of sp³-hybridized carbons (Fsp3) is 0.455. The minimum atomic E-state index is -0.801. The molecule has 1 amide bonds. The fourth-order valence-electron chi connectivity index (χ4n) is 1.68. The van der Waals surface area contributed by atoms with Crippen LogP contribution in [0.2, 0.25) is 0 Å². The monoisotopic (exact) mass is 255 g/mol. The molecule has 0 atom stereocenters. The van der Waals surface area contributed by atoms with E-state index in [0.29, 0.717) is 13.2 Å². The Morgan fingerprint density at radius 3 is 2.83 bits per heavy atom. The van der Waals surface area contributed by atoms with Crippen LogP contribution in [-0.2, 0) is 4.74 Å². The maximum Gasteiger partial charge on any atom is 0.276 e. The van der Waals surface area contributed by atoms with Crippen molar-refractivity contribution in [3.05, 3.63) is 23.6 Å². The molecule has 0 radical (unpaired) electrons. The van der Waals surface area contributed by atoms with E-state index < -0.39 is 11.7 Å². The maximum atomic E-state index is 13.7. The number of aromatic nitrogens is 1. The Hall–Kier alpha value is -1.73. The minimum absolute atomic E-state index is 0.0454. The van der Waals surface area contributed by atoms with Crippen molar-refractivity contribution in [3.8, 4) is 0 Å². The van der Waals surface area contributed by atoms with E-state index in [9.17, 15) is 9.18 Å². The molecular weight excluding hydrogens is 241 g/mol. The van der Waals surface area contributed by atoms with Crippen molar-refractivity contribution in [3.63, 3.8) is 0 Å². The number of ether oxygens (including phenoxy) is 1. The average Bonchev–Trinajstić information content (AvgIpc) is 2.34. The summed E-state index contributed by atoms with van der Waals surface area (Å²) >= 11 is 0. The Labute approximate surface area is 103 Å². The molecule has 1 aliphatic rings. The number of hydroxylamine groups is 1. The van der Waals surface area contributed by atoms with E-state index in [0.717, 1.165) is 12.5 Å². The smallest absolute Gasteiger partial charge is 0.276 e. The lowest BCUT2D eigenvalue weighted by Gasteiger charge is -2.41. The first-order valence-corrected chi connectivity index (χ1v) is 5.56. The van der Waals surface area contributed by atoms with E-state index >= 15 is 0 Å². The summed E-state index contributed by atoms with van der Waals surface area (Å²) in [4.78, 5) is 14.9. The second-order valence-electron chi connectivity index (χ2n) is 4.25. The van der Waals surface area contributed by atoms with E-state index in [1.165, 1.54) is 11.7 Å². The molecule has 6 nitrogen and oxygen atoms in total. The lowest BCUT2D eigenvalue weighted by Crippen LogP contribution is -2.55. The van der Waals surface area contributed by atoms with Gasteiger partial charge in [0.25, 0.3) is 5.91 Å². The van der Waals surface area contributed by atoms with Crippen LogP contribution in [0.1, 0.15) is 23.7 Å². The molecule has 0 aliphatic carbocycles. The number of nitrogens with zero attached hydrogens (tertiary/aromatic N) is 1. The number of hydrogen-bond acceptors (Lipinski definition) is 5. The SMILES string of the molecule is CCC1(Nc2ncc(C(=O)NO)cc2F)COC1. The first-order valence-electron chi connectivity index (χ1n) is 5.56. The van der Waals surface area contributed by atoms with Crippen LogP contribution < -0.4 is 10.8 Å². The highest BCUT2D eigenvalue weighted by atomic mass is 19.1. The first kappa shape index (κ1) is 12.7. The second kappa shape index (κ2) is 4.87. The van der Waals surface area contributed by atoms with Crippen LogP contribution in [0.25, 0.3) is 0 Å². The van der Waals surface area contributed by atoms with Crippen molar-refractivity contribution < 1.29 is 19.1 Å². The van der Waals surface area contributed by atoms with Crippen LogP contribution in [0.3, 0.4) is 0 Å². The summed E-state index contributed by atoms with van der Waals surface area (Å²) in [5, 5.41) is 11.4. The zero-order chi connectivity index (χ0) is 13.2. The van der Waals surface area contributed by atoms with Gasteiger partial charge in [0.1, 0.15) is 0 Å². The molecule has 0 spiro atoms. The molecular formula is C11H14FN3O3. The van der Waals surface area contributed by atoms with Crippen molar-refractivity contribution in [2.45, 2.75) is 18.9 Å². The molecule has 1 fully saturated rings. The number of pyridine rings is 1. The number of carbonyl (C=O) groups excluding carboxylic acids is 1. The molecule has 1 aromatic rings. The van der Waals surface area contributed by atoms with Crippen LogP contribution in [0.5, 0.6) is 0 Å². The molecule has 1 aromatic heterocycles. The number of carbonyl (C=O) groups is 1. The topological polar surface area (TPSA) is 83.5 Å². The largest absolute Gasteiger partial charge is 0.376 e.